The lowest BCUT2D eigenvalue weighted by Crippen LogP contribution is -2.28. The van der Waals surface area contributed by atoms with E-state index in [1.807, 2.05) is 5.32 Å². The molecule has 0 aromatic carbocycles. The molecule has 2 N–H and O–H groups in total. The molecule has 2 amide bonds. The molecule has 0 unspecified atom stereocenters. The van der Waals surface area contributed by atoms with Crippen LogP contribution in [0.2, 0.25) is 0 Å². The first-order valence-corrected chi connectivity index (χ1v) is 5.69. The molecule has 0 saturated carbocycles. The van der Waals surface area contributed by atoms with E-state index in [-0.39, 0.29) is 0 Å². The molecular weight excluding hydrogens is 194 g/mol. The van der Waals surface area contributed by atoms with Crippen molar-refractivity contribution in [2.75, 3.05) is 0 Å². The summed E-state index contributed by atoms with van der Waals surface area (Å²) in [6, 6.07) is 0. The topological polar surface area (TPSA) is 66.4 Å². The van der Waals surface area contributed by atoms with E-state index in [0.29, 0.717) is 6.42 Å². The number of carboxylic acid groups (broad SMARTS) is 1. The van der Waals surface area contributed by atoms with Crippen LogP contribution < -0.4 is 5.32 Å². The second-order valence-corrected chi connectivity index (χ2v) is 3.72. The minimum absolute atomic E-state index is 0.320. The molecule has 0 radical (unpaired) electrons. The van der Waals surface area contributed by atoms with Gasteiger partial charge < -0.3 is 5.11 Å². The summed E-state index contributed by atoms with van der Waals surface area (Å²) in [5, 5.41) is 10.1. The number of rotatable bonds is 8. The van der Waals surface area contributed by atoms with Crippen molar-refractivity contribution in [2.24, 2.45) is 0 Å². The Bertz CT molecular complexity index is 192. The molecule has 0 aliphatic carbocycles. The number of unbranched alkanes of at least 4 members (excludes halogenated alkanes) is 6. The first-order chi connectivity index (χ1) is 7.16. The molecule has 0 bridgehead atoms. The zero-order chi connectivity index (χ0) is 11.5. The van der Waals surface area contributed by atoms with Crippen LogP contribution >= 0.6 is 0 Å². The molecule has 0 aromatic rings. The van der Waals surface area contributed by atoms with Crippen molar-refractivity contribution < 1.29 is 14.7 Å². The van der Waals surface area contributed by atoms with Crippen molar-refractivity contribution in [3.63, 3.8) is 0 Å². The van der Waals surface area contributed by atoms with Gasteiger partial charge in [-0.1, -0.05) is 45.4 Å². The number of hydrogen-bond donors (Lipinski definition) is 2. The summed E-state index contributed by atoms with van der Waals surface area (Å²) in [5.74, 6) is -0.393. The highest BCUT2D eigenvalue weighted by Gasteiger charge is 2.03. The van der Waals surface area contributed by atoms with Crippen LogP contribution in [0.4, 0.5) is 4.79 Å². The molecule has 0 heterocycles. The van der Waals surface area contributed by atoms with E-state index < -0.39 is 12.0 Å². The molecule has 0 fully saturated rings. The van der Waals surface area contributed by atoms with Crippen molar-refractivity contribution in [3.8, 4) is 0 Å². The number of imide groups is 1. The zero-order valence-electron chi connectivity index (χ0n) is 9.42. The number of hydrogen-bond acceptors (Lipinski definition) is 2. The summed E-state index contributed by atoms with van der Waals surface area (Å²) in [6.07, 6.45) is 6.98. The summed E-state index contributed by atoms with van der Waals surface area (Å²) in [4.78, 5) is 21.0. The van der Waals surface area contributed by atoms with E-state index in [1.165, 1.54) is 25.7 Å². The molecule has 0 aliphatic heterocycles. The fourth-order valence-electron chi connectivity index (χ4n) is 1.42. The number of carbonyl (C=O) groups excluding carboxylic acids is 1. The summed E-state index contributed by atoms with van der Waals surface area (Å²) in [6.45, 7) is 2.18. The standard InChI is InChI=1S/C11H21NO3/c1-2-3-4-5-6-7-8-9-10(13)12-11(14)15/h2-9H2,1H3,(H,12,13)(H,14,15). The van der Waals surface area contributed by atoms with E-state index in [1.54, 1.807) is 0 Å². The van der Waals surface area contributed by atoms with Gasteiger partial charge in [0.15, 0.2) is 0 Å². The molecule has 0 rings (SSSR count). The molecule has 4 nitrogen and oxygen atoms in total. The quantitative estimate of drug-likeness (QED) is 0.612. The monoisotopic (exact) mass is 215 g/mol. The van der Waals surface area contributed by atoms with E-state index in [4.69, 9.17) is 5.11 Å². The van der Waals surface area contributed by atoms with Crippen molar-refractivity contribution in [1.82, 2.24) is 5.32 Å². The zero-order valence-corrected chi connectivity index (χ0v) is 9.42. The number of nitrogens with one attached hydrogen (secondary N) is 1. The highest BCUT2D eigenvalue weighted by atomic mass is 16.4. The lowest BCUT2D eigenvalue weighted by atomic mass is 10.1. The number of amides is 2. The third-order valence-electron chi connectivity index (χ3n) is 2.25. The molecule has 4 heteroatoms. The van der Waals surface area contributed by atoms with E-state index in [2.05, 4.69) is 6.92 Å². The normalized spacial score (nSPS) is 9.93. The second-order valence-electron chi connectivity index (χ2n) is 3.72. The van der Waals surface area contributed by atoms with Crippen LogP contribution in [0.15, 0.2) is 0 Å². The average molecular weight is 215 g/mol. The van der Waals surface area contributed by atoms with Crippen LogP contribution in [0.1, 0.15) is 58.3 Å². The Morgan fingerprint density at radius 1 is 1.00 bits per heavy atom. The molecule has 0 aromatic heterocycles. The molecule has 0 spiro atoms. The first kappa shape index (κ1) is 13.9. The van der Waals surface area contributed by atoms with E-state index >= 15 is 0 Å². The molecule has 0 aliphatic rings. The van der Waals surface area contributed by atoms with Crippen LogP contribution in [-0.2, 0) is 4.79 Å². The predicted octanol–water partition coefficient (Wildman–Crippen LogP) is 2.92. The highest BCUT2D eigenvalue weighted by molar-refractivity contribution is 5.90. The molecular formula is C11H21NO3. The second kappa shape index (κ2) is 9.49. The maximum absolute atomic E-state index is 10.9. The third-order valence-corrected chi connectivity index (χ3v) is 2.25. The van der Waals surface area contributed by atoms with Gasteiger partial charge >= 0.3 is 6.09 Å². The highest BCUT2D eigenvalue weighted by Crippen LogP contribution is 2.08. The summed E-state index contributed by atoms with van der Waals surface area (Å²) in [7, 11) is 0. The van der Waals surface area contributed by atoms with Crippen LogP contribution in [0.25, 0.3) is 0 Å². The molecule has 0 atom stereocenters. The Hall–Kier alpha value is -1.06. The smallest absolute Gasteiger partial charge is 0.411 e. The van der Waals surface area contributed by atoms with Gasteiger partial charge in [0, 0.05) is 6.42 Å². The summed E-state index contributed by atoms with van der Waals surface area (Å²) in [5.41, 5.74) is 0. The van der Waals surface area contributed by atoms with Gasteiger partial charge in [0.1, 0.15) is 0 Å². The predicted molar refractivity (Wildman–Crippen MR) is 58.8 cm³/mol. The Labute approximate surface area is 91.1 Å². The van der Waals surface area contributed by atoms with Crippen LogP contribution in [0, 0.1) is 0 Å². The Balaban J connectivity index is 3.16. The van der Waals surface area contributed by atoms with Crippen molar-refractivity contribution in [1.29, 1.82) is 0 Å². The largest absolute Gasteiger partial charge is 0.465 e. The fourth-order valence-corrected chi connectivity index (χ4v) is 1.42. The van der Waals surface area contributed by atoms with E-state index in [9.17, 15) is 9.59 Å². The van der Waals surface area contributed by atoms with Crippen molar-refractivity contribution >= 4 is 12.0 Å². The lowest BCUT2D eigenvalue weighted by Gasteiger charge is -2.01. The Morgan fingerprint density at radius 2 is 1.53 bits per heavy atom. The van der Waals surface area contributed by atoms with Gasteiger partial charge in [0.2, 0.25) is 5.91 Å². The molecule has 88 valence electrons. The molecule has 0 saturated heterocycles. The van der Waals surface area contributed by atoms with Crippen LogP contribution in [0.3, 0.4) is 0 Å². The molecule has 15 heavy (non-hydrogen) atoms. The Morgan fingerprint density at radius 3 is 2.07 bits per heavy atom. The Kier molecular flexibility index (Phi) is 8.82. The average Bonchev–Trinajstić information content (AvgIpc) is 2.15. The SMILES string of the molecule is CCCCCCCCCC(=O)NC(=O)O. The minimum Gasteiger partial charge on any atom is -0.465 e. The first-order valence-electron chi connectivity index (χ1n) is 5.69. The minimum atomic E-state index is -1.26. The number of carbonyl (C=O) groups is 2. The van der Waals surface area contributed by atoms with E-state index in [0.717, 1.165) is 19.3 Å². The third kappa shape index (κ3) is 10.9. The fraction of sp³-hybridized carbons (Fsp3) is 0.818. The van der Waals surface area contributed by atoms with Gasteiger partial charge in [0.05, 0.1) is 0 Å². The summed E-state index contributed by atoms with van der Waals surface area (Å²) < 4.78 is 0. The van der Waals surface area contributed by atoms with Crippen molar-refractivity contribution in [3.05, 3.63) is 0 Å². The van der Waals surface area contributed by atoms with Crippen LogP contribution in [0.5, 0.6) is 0 Å². The van der Waals surface area contributed by atoms with Gasteiger partial charge in [-0.25, -0.2) is 4.79 Å². The van der Waals surface area contributed by atoms with Gasteiger partial charge in [-0.3, -0.25) is 10.1 Å². The maximum atomic E-state index is 10.9. The van der Waals surface area contributed by atoms with Gasteiger partial charge in [-0.05, 0) is 6.42 Å². The summed E-state index contributed by atoms with van der Waals surface area (Å²) >= 11 is 0. The van der Waals surface area contributed by atoms with Crippen molar-refractivity contribution in [2.45, 2.75) is 58.3 Å². The van der Waals surface area contributed by atoms with Gasteiger partial charge in [-0.2, -0.15) is 0 Å². The maximum Gasteiger partial charge on any atom is 0.411 e. The van der Waals surface area contributed by atoms with Gasteiger partial charge in [-0.15, -0.1) is 0 Å². The van der Waals surface area contributed by atoms with Gasteiger partial charge in [0.25, 0.3) is 0 Å². The van der Waals surface area contributed by atoms with Crippen LogP contribution in [-0.4, -0.2) is 17.1 Å². The lowest BCUT2D eigenvalue weighted by molar-refractivity contribution is -0.120.